The smallest absolute Gasteiger partial charge is 0.110 e. The average molecular weight is 138 g/mol. The van der Waals surface area contributed by atoms with Crippen molar-refractivity contribution in [3.8, 4) is 0 Å². The molecule has 0 aromatic carbocycles. The van der Waals surface area contributed by atoms with Crippen molar-refractivity contribution in [2.45, 2.75) is 0 Å². The van der Waals surface area contributed by atoms with Gasteiger partial charge < -0.3 is 0 Å². The third kappa shape index (κ3) is 0.812. The molecule has 0 aromatic heterocycles. The SMILES string of the molecule is C1=CC2CN=CN=C2S1. The molecule has 0 aromatic rings. The Hall–Kier alpha value is -0.570. The first kappa shape index (κ1) is 5.23. The summed E-state index contributed by atoms with van der Waals surface area (Å²) in [6, 6.07) is 0. The Bertz CT molecular complexity index is 205. The summed E-state index contributed by atoms with van der Waals surface area (Å²) in [4.78, 5) is 8.16. The van der Waals surface area contributed by atoms with E-state index in [1.54, 1.807) is 18.1 Å². The average Bonchev–Trinajstić information content (AvgIpc) is 2.33. The van der Waals surface area contributed by atoms with Gasteiger partial charge in [-0.25, -0.2) is 4.99 Å². The Balaban J connectivity index is 2.29. The zero-order valence-electron chi connectivity index (χ0n) is 4.82. The molecule has 2 aliphatic rings. The first-order valence-corrected chi connectivity index (χ1v) is 3.74. The first-order chi connectivity index (χ1) is 4.47. The van der Waals surface area contributed by atoms with Crippen LogP contribution >= 0.6 is 11.8 Å². The maximum atomic E-state index is 4.12. The van der Waals surface area contributed by atoms with Gasteiger partial charge in [0.15, 0.2) is 0 Å². The quantitative estimate of drug-likeness (QED) is 0.495. The molecule has 1 unspecified atom stereocenters. The van der Waals surface area contributed by atoms with Crippen LogP contribution in [-0.4, -0.2) is 17.9 Å². The predicted octanol–water partition coefficient (Wildman–Crippen LogP) is 1.30. The van der Waals surface area contributed by atoms with Gasteiger partial charge in [0.2, 0.25) is 0 Å². The minimum absolute atomic E-state index is 0.500. The number of hydrogen-bond acceptors (Lipinski definition) is 3. The molecule has 9 heavy (non-hydrogen) atoms. The van der Waals surface area contributed by atoms with Gasteiger partial charge in [0.25, 0.3) is 0 Å². The summed E-state index contributed by atoms with van der Waals surface area (Å²) in [7, 11) is 0. The fraction of sp³-hybridized carbons (Fsp3) is 0.333. The lowest BCUT2D eigenvalue weighted by atomic mass is 10.1. The van der Waals surface area contributed by atoms with E-state index in [2.05, 4.69) is 21.5 Å². The Morgan fingerprint density at radius 1 is 1.67 bits per heavy atom. The highest BCUT2D eigenvalue weighted by Gasteiger charge is 2.18. The van der Waals surface area contributed by atoms with Crippen molar-refractivity contribution in [1.29, 1.82) is 0 Å². The van der Waals surface area contributed by atoms with Crippen molar-refractivity contribution in [2.75, 3.05) is 6.54 Å². The molecule has 3 heteroatoms. The summed E-state index contributed by atoms with van der Waals surface area (Å²) in [5.41, 5.74) is 0. The lowest BCUT2D eigenvalue weighted by Crippen LogP contribution is -2.11. The van der Waals surface area contributed by atoms with Crippen molar-refractivity contribution in [2.24, 2.45) is 15.9 Å². The molecule has 0 fully saturated rings. The van der Waals surface area contributed by atoms with E-state index in [9.17, 15) is 0 Å². The molecular weight excluding hydrogens is 132 g/mol. The highest BCUT2D eigenvalue weighted by Crippen LogP contribution is 2.25. The molecule has 0 N–H and O–H groups in total. The number of nitrogens with zero attached hydrogens (tertiary/aromatic N) is 2. The number of aliphatic imine (C=N–C) groups is 2. The van der Waals surface area contributed by atoms with Gasteiger partial charge in [-0.05, 0) is 5.41 Å². The third-order valence-corrected chi connectivity index (χ3v) is 2.33. The van der Waals surface area contributed by atoms with Gasteiger partial charge >= 0.3 is 0 Å². The van der Waals surface area contributed by atoms with Gasteiger partial charge in [-0.1, -0.05) is 17.8 Å². The summed E-state index contributed by atoms with van der Waals surface area (Å²) < 4.78 is 0. The lowest BCUT2D eigenvalue weighted by molar-refractivity contribution is 0.872. The van der Waals surface area contributed by atoms with Gasteiger partial charge in [-0.2, -0.15) is 0 Å². The second-order valence-electron chi connectivity index (χ2n) is 2.00. The van der Waals surface area contributed by atoms with Crippen LogP contribution in [0.1, 0.15) is 0 Å². The van der Waals surface area contributed by atoms with Crippen molar-refractivity contribution >= 4 is 23.1 Å². The zero-order valence-corrected chi connectivity index (χ0v) is 5.64. The van der Waals surface area contributed by atoms with Crippen molar-refractivity contribution in [1.82, 2.24) is 0 Å². The van der Waals surface area contributed by atoms with E-state index in [4.69, 9.17) is 0 Å². The number of thioether (sulfide) groups is 1. The van der Waals surface area contributed by atoms with E-state index < -0.39 is 0 Å². The molecule has 0 spiro atoms. The van der Waals surface area contributed by atoms with Crippen LogP contribution in [0, 0.1) is 5.92 Å². The molecule has 0 aliphatic carbocycles. The molecule has 0 radical (unpaired) electrons. The van der Waals surface area contributed by atoms with Crippen LogP contribution in [0.15, 0.2) is 21.5 Å². The van der Waals surface area contributed by atoms with Gasteiger partial charge in [-0.15, -0.1) is 0 Å². The van der Waals surface area contributed by atoms with E-state index in [1.807, 2.05) is 0 Å². The second-order valence-corrected chi connectivity index (χ2v) is 2.93. The van der Waals surface area contributed by atoms with E-state index in [0.29, 0.717) is 5.92 Å². The van der Waals surface area contributed by atoms with Gasteiger partial charge in [0.05, 0.1) is 11.6 Å². The van der Waals surface area contributed by atoms with Crippen LogP contribution in [0.4, 0.5) is 0 Å². The monoisotopic (exact) mass is 138 g/mol. The number of hydrogen-bond donors (Lipinski definition) is 0. The molecule has 46 valence electrons. The summed E-state index contributed by atoms with van der Waals surface area (Å²) >= 11 is 1.70. The minimum Gasteiger partial charge on any atom is -0.272 e. The molecule has 2 aliphatic heterocycles. The highest BCUT2D eigenvalue weighted by molar-refractivity contribution is 8.16. The molecule has 0 saturated heterocycles. The van der Waals surface area contributed by atoms with Gasteiger partial charge in [-0.3, -0.25) is 4.99 Å². The first-order valence-electron chi connectivity index (χ1n) is 2.86. The fourth-order valence-electron chi connectivity index (χ4n) is 0.897. The van der Waals surface area contributed by atoms with Crippen LogP contribution in [0.5, 0.6) is 0 Å². The largest absolute Gasteiger partial charge is 0.272 e. The zero-order chi connectivity index (χ0) is 6.10. The summed E-state index contributed by atoms with van der Waals surface area (Å²) in [5.74, 6) is 0.500. The Morgan fingerprint density at radius 2 is 2.67 bits per heavy atom. The summed E-state index contributed by atoms with van der Waals surface area (Å²) in [6.07, 6.45) is 3.80. The predicted molar refractivity (Wildman–Crippen MR) is 41.0 cm³/mol. The van der Waals surface area contributed by atoms with Crippen LogP contribution < -0.4 is 0 Å². The number of rotatable bonds is 0. The third-order valence-electron chi connectivity index (χ3n) is 1.39. The van der Waals surface area contributed by atoms with Gasteiger partial charge in [0.1, 0.15) is 6.34 Å². The maximum absolute atomic E-state index is 4.12. The Morgan fingerprint density at radius 3 is 3.56 bits per heavy atom. The summed E-state index contributed by atoms with van der Waals surface area (Å²) in [5, 5.41) is 3.28. The van der Waals surface area contributed by atoms with Gasteiger partial charge in [0, 0.05) is 5.92 Å². The Labute approximate surface area is 57.8 Å². The van der Waals surface area contributed by atoms with E-state index >= 15 is 0 Å². The van der Waals surface area contributed by atoms with Crippen LogP contribution in [0.25, 0.3) is 0 Å². The standard InChI is InChI=1S/C6H6N2S/c1-2-9-6-5(1)3-7-4-8-6/h1-2,4-5H,3H2. The molecule has 2 heterocycles. The van der Waals surface area contributed by atoms with E-state index in [1.165, 1.54) is 5.04 Å². The van der Waals surface area contributed by atoms with Crippen LogP contribution in [0.3, 0.4) is 0 Å². The number of fused-ring (bicyclic) bond motifs is 1. The lowest BCUT2D eigenvalue weighted by Gasteiger charge is -2.07. The highest BCUT2D eigenvalue weighted by atomic mass is 32.2. The van der Waals surface area contributed by atoms with Crippen molar-refractivity contribution < 1.29 is 0 Å². The molecule has 2 rings (SSSR count). The van der Waals surface area contributed by atoms with Crippen LogP contribution in [0.2, 0.25) is 0 Å². The Kier molecular flexibility index (Phi) is 1.16. The maximum Gasteiger partial charge on any atom is 0.110 e. The van der Waals surface area contributed by atoms with Crippen molar-refractivity contribution in [3.05, 3.63) is 11.5 Å². The second kappa shape index (κ2) is 1.99. The molecule has 2 nitrogen and oxygen atoms in total. The van der Waals surface area contributed by atoms with E-state index in [0.717, 1.165) is 6.54 Å². The topological polar surface area (TPSA) is 24.7 Å². The molecule has 1 atom stereocenters. The molecule has 0 amide bonds. The molecule has 0 saturated carbocycles. The summed E-state index contributed by atoms with van der Waals surface area (Å²) in [6.45, 7) is 0.891. The molecular formula is C6H6N2S. The van der Waals surface area contributed by atoms with Crippen molar-refractivity contribution in [3.63, 3.8) is 0 Å². The fourth-order valence-corrected chi connectivity index (χ4v) is 1.74. The van der Waals surface area contributed by atoms with Crippen LogP contribution in [-0.2, 0) is 0 Å². The van der Waals surface area contributed by atoms with E-state index in [-0.39, 0.29) is 0 Å². The minimum atomic E-state index is 0.500. The normalized spacial score (nSPS) is 30.2. The molecule has 0 bridgehead atoms.